The van der Waals surface area contributed by atoms with Gasteiger partial charge in [0, 0.05) is 12.1 Å². The van der Waals surface area contributed by atoms with Gasteiger partial charge in [0.1, 0.15) is 0 Å². The first kappa shape index (κ1) is 16.5. The van der Waals surface area contributed by atoms with Crippen LogP contribution >= 0.6 is 0 Å². The van der Waals surface area contributed by atoms with E-state index in [1.54, 1.807) is 0 Å². The van der Waals surface area contributed by atoms with Gasteiger partial charge in [-0.3, -0.25) is 4.90 Å². The fourth-order valence-corrected chi connectivity index (χ4v) is 3.79. The van der Waals surface area contributed by atoms with E-state index in [9.17, 15) is 0 Å². The molecular formula is C19H32N2. The van der Waals surface area contributed by atoms with Crippen molar-refractivity contribution in [1.82, 2.24) is 4.90 Å². The number of hydrogen-bond donors (Lipinski definition) is 1. The lowest BCUT2D eigenvalue weighted by atomic mass is 9.89. The second-order valence-corrected chi connectivity index (χ2v) is 6.61. The van der Waals surface area contributed by atoms with Crippen LogP contribution in [0.1, 0.15) is 69.5 Å². The first-order valence-corrected chi connectivity index (χ1v) is 8.75. The average molecular weight is 288 g/mol. The monoisotopic (exact) mass is 288 g/mol. The van der Waals surface area contributed by atoms with Gasteiger partial charge in [-0.1, -0.05) is 56.5 Å². The molecular weight excluding hydrogens is 256 g/mol. The fourth-order valence-electron chi connectivity index (χ4n) is 3.79. The molecule has 0 aromatic heterocycles. The van der Waals surface area contributed by atoms with Crippen molar-refractivity contribution in [2.24, 2.45) is 5.73 Å². The summed E-state index contributed by atoms with van der Waals surface area (Å²) in [6.07, 6.45) is 7.64. The molecule has 0 spiro atoms. The van der Waals surface area contributed by atoms with Crippen LogP contribution in [0.5, 0.6) is 0 Å². The summed E-state index contributed by atoms with van der Waals surface area (Å²) in [4.78, 5) is 2.72. The van der Waals surface area contributed by atoms with Crippen molar-refractivity contribution in [3.05, 3.63) is 35.4 Å². The summed E-state index contributed by atoms with van der Waals surface area (Å²) in [7, 11) is 0. The standard InChI is InChI=1S/C19H32N2/c1-4-9-17-12-6-7-13-21(17)19(18(20)5-2)16-11-8-10-15(3)14-16/h8,10-11,14,17-19H,4-7,9,12-13,20H2,1-3H3. The molecule has 1 aromatic carbocycles. The molecule has 0 amide bonds. The van der Waals surface area contributed by atoms with E-state index in [0.29, 0.717) is 12.1 Å². The van der Waals surface area contributed by atoms with Crippen molar-refractivity contribution < 1.29 is 0 Å². The Morgan fingerprint density at radius 2 is 2.10 bits per heavy atom. The highest BCUT2D eigenvalue weighted by molar-refractivity contribution is 5.26. The number of rotatable bonds is 6. The maximum Gasteiger partial charge on any atom is 0.0502 e. The van der Waals surface area contributed by atoms with Crippen LogP contribution in [0, 0.1) is 6.92 Å². The number of piperidine rings is 1. The number of hydrogen-bond acceptors (Lipinski definition) is 2. The molecule has 1 fully saturated rings. The molecule has 3 unspecified atom stereocenters. The molecule has 2 N–H and O–H groups in total. The molecule has 2 nitrogen and oxygen atoms in total. The second-order valence-electron chi connectivity index (χ2n) is 6.61. The Morgan fingerprint density at radius 1 is 1.29 bits per heavy atom. The molecule has 1 saturated heterocycles. The molecule has 2 rings (SSSR count). The lowest BCUT2D eigenvalue weighted by Crippen LogP contribution is -2.48. The summed E-state index contributed by atoms with van der Waals surface area (Å²) >= 11 is 0. The largest absolute Gasteiger partial charge is 0.326 e. The van der Waals surface area contributed by atoms with E-state index in [4.69, 9.17) is 5.73 Å². The third-order valence-corrected chi connectivity index (χ3v) is 4.91. The van der Waals surface area contributed by atoms with Gasteiger partial charge in [0.05, 0.1) is 6.04 Å². The summed E-state index contributed by atoms with van der Waals surface area (Å²) in [5.74, 6) is 0. The Morgan fingerprint density at radius 3 is 2.76 bits per heavy atom. The molecule has 0 bridgehead atoms. The van der Waals surface area contributed by atoms with Crippen LogP contribution < -0.4 is 5.73 Å². The Bertz CT molecular complexity index is 427. The lowest BCUT2D eigenvalue weighted by Gasteiger charge is -2.44. The van der Waals surface area contributed by atoms with Crippen molar-refractivity contribution in [2.45, 2.75) is 77.4 Å². The minimum atomic E-state index is 0.226. The maximum absolute atomic E-state index is 6.55. The van der Waals surface area contributed by atoms with Gasteiger partial charge in [-0.25, -0.2) is 0 Å². The van der Waals surface area contributed by atoms with Crippen molar-refractivity contribution in [3.8, 4) is 0 Å². The molecule has 2 heteroatoms. The fraction of sp³-hybridized carbons (Fsp3) is 0.684. The van der Waals surface area contributed by atoms with Crippen LogP contribution in [0.4, 0.5) is 0 Å². The molecule has 0 saturated carbocycles. The van der Waals surface area contributed by atoms with Crippen LogP contribution in [-0.2, 0) is 0 Å². The van der Waals surface area contributed by atoms with Gasteiger partial charge in [0.15, 0.2) is 0 Å². The first-order valence-electron chi connectivity index (χ1n) is 8.75. The van der Waals surface area contributed by atoms with E-state index >= 15 is 0 Å². The number of likely N-dealkylation sites (tertiary alicyclic amines) is 1. The summed E-state index contributed by atoms with van der Waals surface area (Å²) in [6, 6.07) is 10.3. The van der Waals surface area contributed by atoms with Crippen LogP contribution in [0.3, 0.4) is 0 Å². The Hall–Kier alpha value is -0.860. The second kappa shape index (κ2) is 7.95. The van der Waals surface area contributed by atoms with Gasteiger partial charge in [-0.2, -0.15) is 0 Å². The molecule has 0 radical (unpaired) electrons. The average Bonchev–Trinajstić information content (AvgIpc) is 2.49. The summed E-state index contributed by atoms with van der Waals surface area (Å²) in [6.45, 7) is 7.90. The van der Waals surface area contributed by atoms with Gasteiger partial charge < -0.3 is 5.73 Å². The van der Waals surface area contributed by atoms with Gasteiger partial charge >= 0.3 is 0 Å². The van der Waals surface area contributed by atoms with Gasteiger partial charge in [0.25, 0.3) is 0 Å². The Balaban J connectivity index is 2.29. The highest BCUT2D eigenvalue weighted by atomic mass is 15.2. The van der Waals surface area contributed by atoms with Crippen molar-refractivity contribution >= 4 is 0 Å². The van der Waals surface area contributed by atoms with Crippen LogP contribution in [0.25, 0.3) is 0 Å². The summed E-state index contributed by atoms with van der Waals surface area (Å²) in [5.41, 5.74) is 9.29. The van der Waals surface area contributed by atoms with Crippen molar-refractivity contribution in [1.29, 1.82) is 0 Å². The highest BCUT2D eigenvalue weighted by Crippen LogP contribution is 2.33. The van der Waals surface area contributed by atoms with Crippen molar-refractivity contribution in [3.63, 3.8) is 0 Å². The van der Waals surface area contributed by atoms with E-state index < -0.39 is 0 Å². The zero-order valence-electron chi connectivity index (χ0n) is 14.0. The number of nitrogens with zero attached hydrogens (tertiary/aromatic N) is 1. The molecule has 1 aliphatic heterocycles. The zero-order chi connectivity index (χ0) is 15.2. The van der Waals surface area contributed by atoms with Crippen LogP contribution in [-0.4, -0.2) is 23.5 Å². The third kappa shape index (κ3) is 4.08. The third-order valence-electron chi connectivity index (χ3n) is 4.91. The first-order chi connectivity index (χ1) is 10.2. The SMILES string of the molecule is CCCC1CCCCN1C(c1cccc(C)c1)C(N)CC. The van der Waals surface area contributed by atoms with Gasteiger partial charge in [0.2, 0.25) is 0 Å². The number of benzene rings is 1. The molecule has 3 atom stereocenters. The van der Waals surface area contributed by atoms with Gasteiger partial charge in [-0.05, 0) is 44.7 Å². The van der Waals surface area contributed by atoms with Crippen LogP contribution in [0.2, 0.25) is 0 Å². The molecule has 21 heavy (non-hydrogen) atoms. The predicted octanol–water partition coefficient (Wildman–Crippen LogP) is 4.43. The Kier molecular flexibility index (Phi) is 6.25. The lowest BCUT2D eigenvalue weighted by molar-refractivity contribution is 0.0725. The van der Waals surface area contributed by atoms with E-state index in [1.165, 1.54) is 49.8 Å². The molecule has 1 aromatic rings. The minimum absolute atomic E-state index is 0.226. The summed E-state index contributed by atoms with van der Waals surface area (Å²) in [5, 5.41) is 0. The zero-order valence-corrected chi connectivity index (χ0v) is 14.0. The maximum atomic E-state index is 6.55. The summed E-state index contributed by atoms with van der Waals surface area (Å²) < 4.78 is 0. The number of nitrogens with two attached hydrogens (primary N) is 1. The van der Waals surface area contributed by atoms with Gasteiger partial charge in [-0.15, -0.1) is 0 Å². The van der Waals surface area contributed by atoms with E-state index in [2.05, 4.69) is 49.9 Å². The van der Waals surface area contributed by atoms with Crippen LogP contribution in [0.15, 0.2) is 24.3 Å². The quantitative estimate of drug-likeness (QED) is 0.839. The topological polar surface area (TPSA) is 29.3 Å². The number of aryl methyl sites for hydroxylation is 1. The highest BCUT2D eigenvalue weighted by Gasteiger charge is 2.32. The Labute approximate surface area is 130 Å². The minimum Gasteiger partial charge on any atom is -0.326 e. The smallest absolute Gasteiger partial charge is 0.0502 e. The molecule has 1 aliphatic rings. The molecule has 0 aliphatic carbocycles. The molecule has 1 heterocycles. The van der Waals surface area contributed by atoms with Crippen molar-refractivity contribution in [2.75, 3.05) is 6.54 Å². The van der Waals surface area contributed by atoms with E-state index in [1.807, 2.05) is 0 Å². The normalized spacial score (nSPS) is 23.0. The molecule has 118 valence electrons. The van der Waals surface area contributed by atoms with E-state index in [-0.39, 0.29) is 6.04 Å². The van der Waals surface area contributed by atoms with E-state index in [0.717, 1.165) is 6.42 Å². The predicted molar refractivity (Wildman–Crippen MR) is 91.4 cm³/mol.